The van der Waals surface area contributed by atoms with E-state index >= 15 is 0 Å². The van der Waals surface area contributed by atoms with Crippen LogP contribution in [0.2, 0.25) is 0 Å². The number of carbonyl (C=O) groups excluding carboxylic acids is 3. The van der Waals surface area contributed by atoms with Crippen LogP contribution in [-0.2, 0) is 16.1 Å². The van der Waals surface area contributed by atoms with Gasteiger partial charge in [-0.15, -0.1) is 0 Å². The van der Waals surface area contributed by atoms with Crippen LogP contribution in [0.5, 0.6) is 5.75 Å². The number of hydroxylamine groups is 1. The second-order valence-corrected chi connectivity index (χ2v) is 8.36. The Labute approximate surface area is 239 Å². The van der Waals surface area contributed by atoms with Crippen LogP contribution < -0.4 is 31.9 Å². The van der Waals surface area contributed by atoms with E-state index in [2.05, 4.69) is 39.6 Å². The van der Waals surface area contributed by atoms with E-state index in [1.807, 2.05) is 24.3 Å². The molecule has 0 aliphatic heterocycles. The minimum atomic E-state index is -1.05. The summed E-state index contributed by atoms with van der Waals surface area (Å²) in [5.74, 6) is 10.6. The van der Waals surface area contributed by atoms with Gasteiger partial charge < -0.3 is 26.4 Å². The van der Waals surface area contributed by atoms with Crippen LogP contribution in [0.25, 0.3) is 0 Å². The highest BCUT2D eigenvalue weighted by molar-refractivity contribution is 5.97. The third-order valence-electron chi connectivity index (χ3n) is 5.55. The minimum Gasteiger partial charge on any atom is -0.496 e. The summed E-state index contributed by atoms with van der Waals surface area (Å²) in [5.41, 5.74) is 10.2. The van der Waals surface area contributed by atoms with E-state index in [9.17, 15) is 14.4 Å². The summed E-state index contributed by atoms with van der Waals surface area (Å²) in [7, 11) is 1.61. The lowest BCUT2D eigenvalue weighted by Gasteiger charge is -2.14. The van der Waals surface area contributed by atoms with Crippen molar-refractivity contribution >= 4 is 23.4 Å². The predicted octanol–water partition coefficient (Wildman–Crippen LogP) is 2.03. The van der Waals surface area contributed by atoms with E-state index in [0.717, 1.165) is 16.9 Å². The lowest BCUT2D eigenvalue weighted by Crippen LogP contribution is -2.50. The molecular weight excluding hydrogens is 522 g/mol. The van der Waals surface area contributed by atoms with E-state index in [-0.39, 0.29) is 26.4 Å². The van der Waals surface area contributed by atoms with Crippen molar-refractivity contribution in [2.24, 2.45) is 5.73 Å². The number of para-hydroxylation sites is 1. The number of rotatable bonds is 10. The van der Waals surface area contributed by atoms with Crippen LogP contribution in [0.4, 0.5) is 5.69 Å². The van der Waals surface area contributed by atoms with Crippen molar-refractivity contribution < 1.29 is 24.3 Å². The van der Waals surface area contributed by atoms with Crippen molar-refractivity contribution in [3.05, 3.63) is 95.1 Å². The Morgan fingerprint density at radius 2 is 1.54 bits per heavy atom. The quantitative estimate of drug-likeness (QED) is 0.127. The van der Waals surface area contributed by atoms with E-state index < -0.39 is 17.9 Å². The molecule has 0 fully saturated rings. The standard InChI is InChI=1S/C30H29N5O5.CH4/c1-40-27-9-5-4-8-24(27)19-32-20-28(36)33-25-16-12-22(13-17-25)7-3-2-6-21-10-14-23(15-11-21)29(37)34-26(18-31)30(38)35-39;/h4-5,8-17,26,32,39H,18-20,31H2,1H3,(H,33,36)(H,34,37)(H,35,38);1H4/t26-;/m0./s1. The zero-order valence-corrected chi connectivity index (χ0v) is 21.8. The molecule has 3 aromatic rings. The molecule has 0 unspecified atom stereocenters. The molecule has 0 bridgehead atoms. The van der Waals surface area contributed by atoms with Gasteiger partial charge in [0.15, 0.2) is 0 Å². The maximum Gasteiger partial charge on any atom is 0.267 e. The Kier molecular flexibility index (Phi) is 13.1. The molecule has 3 rings (SSSR count). The van der Waals surface area contributed by atoms with E-state index in [1.165, 1.54) is 5.48 Å². The molecular formula is C31H33N5O5. The Morgan fingerprint density at radius 1 is 0.927 bits per heavy atom. The molecule has 1 atom stereocenters. The van der Waals surface area contributed by atoms with Crippen molar-refractivity contribution in [3.8, 4) is 29.4 Å². The average Bonchev–Trinajstić information content (AvgIpc) is 2.99. The fourth-order valence-corrected chi connectivity index (χ4v) is 3.46. The monoisotopic (exact) mass is 555 g/mol. The zero-order chi connectivity index (χ0) is 28.7. The fourth-order valence-electron chi connectivity index (χ4n) is 3.46. The molecule has 0 saturated heterocycles. The van der Waals surface area contributed by atoms with Gasteiger partial charge in [0.05, 0.1) is 13.7 Å². The largest absolute Gasteiger partial charge is 0.496 e. The third-order valence-corrected chi connectivity index (χ3v) is 5.55. The summed E-state index contributed by atoms with van der Waals surface area (Å²) < 4.78 is 5.31. The Balaban J connectivity index is 0.00000588. The lowest BCUT2D eigenvalue weighted by atomic mass is 10.1. The first kappa shape index (κ1) is 32.1. The lowest BCUT2D eigenvalue weighted by molar-refractivity contribution is -0.130. The summed E-state index contributed by atoms with van der Waals surface area (Å²) >= 11 is 0. The average molecular weight is 556 g/mol. The normalized spacial score (nSPS) is 10.3. The summed E-state index contributed by atoms with van der Waals surface area (Å²) in [6.45, 7) is 0.490. The predicted molar refractivity (Wildman–Crippen MR) is 157 cm³/mol. The second-order valence-electron chi connectivity index (χ2n) is 8.36. The summed E-state index contributed by atoms with van der Waals surface area (Å²) in [4.78, 5) is 35.9. The fraction of sp³-hybridized carbons (Fsp3) is 0.194. The van der Waals surface area contributed by atoms with Gasteiger partial charge in [-0.1, -0.05) is 37.5 Å². The van der Waals surface area contributed by atoms with Gasteiger partial charge in [0.2, 0.25) is 5.91 Å². The molecule has 0 spiro atoms. The second kappa shape index (κ2) is 16.7. The van der Waals surface area contributed by atoms with Crippen LogP contribution >= 0.6 is 0 Å². The number of carbonyl (C=O) groups is 3. The van der Waals surface area contributed by atoms with Crippen molar-refractivity contribution in [3.63, 3.8) is 0 Å². The molecule has 0 heterocycles. The highest BCUT2D eigenvalue weighted by Gasteiger charge is 2.19. The van der Waals surface area contributed by atoms with Crippen LogP contribution in [0.15, 0.2) is 72.8 Å². The highest BCUT2D eigenvalue weighted by atomic mass is 16.5. The zero-order valence-electron chi connectivity index (χ0n) is 21.8. The van der Waals surface area contributed by atoms with E-state index in [4.69, 9.17) is 15.7 Å². The van der Waals surface area contributed by atoms with Gasteiger partial charge >= 0.3 is 0 Å². The first-order valence-corrected chi connectivity index (χ1v) is 12.2. The number of benzene rings is 3. The van der Waals surface area contributed by atoms with Crippen LogP contribution in [0.1, 0.15) is 34.5 Å². The van der Waals surface area contributed by atoms with Gasteiger partial charge in [-0.2, -0.15) is 0 Å². The Morgan fingerprint density at radius 3 is 2.12 bits per heavy atom. The first-order valence-electron chi connectivity index (χ1n) is 12.2. The topological polar surface area (TPSA) is 155 Å². The molecule has 3 amide bonds. The number of methoxy groups -OCH3 is 1. The molecule has 0 aliphatic carbocycles. The number of amides is 3. The highest BCUT2D eigenvalue weighted by Crippen LogP contribution is 2.16. The third kappa shape index (κ3) is 10.2. The number of anilines is 1. The Bertz CT molecular complexity index is 1450. The maximum atomic E-state index is 12.3. The molecule has 10 nitrogen and oxygen atoms in total. The molecule has 41 heavy (non-hydrogen) atoms. The van der Waals surface area contributed by atoms with Crippen molar-refractivity contribution in [2.45, 2.75) is 20.0 Å². The summed E-state index contributed by atoms with van der Waals surface area (Å²) in [6.07, 6.45) is 0. The van der Waals surface area contributed by atoms with Gasteiger partial charge in [-0.3, -0.25) is 19.6 Å². The van der Waals surface area contributed by atoms with E-state index in [0.29, 0.717) is 23.4 Å². The minimum absolute atomic E-state index is 0. The van der Waals surface area contributed by atoms with Gasteiger partial charge in [0.1, 0.15) is 11.8 Å². The molecule has 0 aromatic heterocycles. The first-order chi connectivity index (χ1) is 19.4. The molecule has 0 radical (unpaired) electrons. The van der Waals surface area contributed by atoms with Crippen LogP contribution in [0, 0.1) is 23.7 Å². The number of nitrogens with one attached hydrogen (secondary N) is 4. The van der Waals surface area contributed by atoms with Crippen LogP contribution in [-0.4, -0.2) is 49.2 Å². The molecule has 3 aromatic carbocycles. The van der Waals surface area contributed by atoms with Gasteiger partial charge in [0.25, 0.3) is 11.8 Å². The van der Waals surface area contributed by atoms with Crippen molar-refractivity contribution in [1.29, 1.82) is 0 Å². The molecule has 212 valence electrons. The maximum absolute atomic E-state index is 12.3. The number of hydrogen-bond donors (Lipinski definition) is 6. The number of nitrogens with two attached hydrogens (primary N) is 1. The SMILES string of the molecule is C.COc1ccccc1CNCC(=O)Nc1ccc(C#CC#Cc2ccc(C(=O)N[C@@H](CN)C(=O)NO)cc2)cc1. The molecule has 0 aliphatic rings. The van der Waals surface area contributed by atoms with Crippen molar-refractivity contribution in [2.75, 3.05) is 25.5 Å². The smallest absolute Gasteiger partial charge is 0.267 e. The molecule has 0 saturated carbocycles. The van der Waals surface area contributed by atoms with Crippen LogP contribution in [0.3, 0.4) is 0 Å². The Hall–Kier alpha value is -5.13. The molecule has 7 N–H and O–H groups in total. The van der Waals surface area contributed by atoms with Gasteiger partial charge in [-0.05, 0) is 66.4 Å². The number of ether oxygens (including phenoxy) is 1. The summed E-state index contributed by atoms with van der Waals surface area (Å²) in [6, 6.07) is 20.1. The van der Waals surface area contributed by atoms with Crippen molar-refractivity contribution in [1.82, 2.24) is 16.1 Å². The number of hydrogen-bond acceptors (Lipinski definition) is 7. The van der Waals surface area contributed by atoms with Gasteiger partial charge in [0, 0.05) is 41.0 Å². The van der Waals surface area contributed by atoms with E-state index in [1.54, 1.807) is 55.6 Å². The molecule has 10 heteroatoms. The summed E-state index contributed by atoms with van der Waals surface area (Å²) in [5, 5.41) is 17.1. The van der Waals surface area contributed by atoms with Gasteiger partial charge in [-0.25, -0.2) is 5.48 Å².